The summed E-state index contributed by atoms with van der Waals surface area (Å²) in [6.45, 7) is 3.94. The van der Waals surface area contributed by atoms with Crippen molar-refractivity contribution < 1.29 is 14.3 Å². The van der Waals surface area contributed by atoms with Crippen LogP contribution < -0.4 is 14.9 Å². The first-order valence-electron chi connectivity index (χ1n) is 7.78. The van der Waals surface area contributed by atoms with Gasteiger partial charge in [-0.25, -0.2) is 5.43 Å². The van der Waals surface area contributed by atoms with Gasteiger partial charge < -0.3 is 9.47 Å². The molecule has 0 aliphatic heterocycles. The predicted molar refractivity (Wildman–Crippen MR) is 94.6 cm³/mol. The van der Waals surface area contributed by atoms with Crippen molar-refractivity contribution in [2.24, 2.45) is 5.10 Å². The minimum Gasteiger partial charge on any atom is -0.497 e. The summed E-state index contributed by atoms with van der Waals surface area (Å²) in [5, 5.41) is 3.99. The Morgan fingerprint density at radius 3 is 2.58 bits per heavy atom. The quantitative estimate of drug-likeness (QED) is 0.628. The van der Waals surface area contributed by atoms with Crippen molar-refractivity contribution in [2.45, 2.75) is 26.4 Å². The number of hydrazone groups is 1. The average Bonchev–Trinajstić information content (AvgIpc) is 2.55. The summed E-state index contributed by atoms with van der Waals surface area (Å²) in [6, 6.07) is 14.9. The summed E-state index contributed by atoms with van der Waals surface area (Å²) in [4.78, 5) is 11.9. The molecule has 0 atom stereocenters. The van der Waals surface area contributed by atoms with Crippen molar-refractivity contribution in [1.82, 2.24) is 5.43 Å². The van der Waals surface area contributed by atoms with Crippen LogP contribution >= 0.6 is 0 Å². The lowest BCUT2D eigenvalue weighted by atomic mass is 10.1. The Balaban J connectivity index is 1.87. The number of carbonyl (C=O) groups excluding carboxylic acids is 1. The van der Waals surface area contributed by atoms with E-state index in [9.17, 15) is 4.79 Å². The fourth-order valence-electron chi connectivity index (χ4n) is 2.09. The Morgan fingerprint density at radius 2 is 1.92 bits per heavy atom. The number of ether oxygens (including phenoxy) is 2. The van der Waals surface area contributed by atoms with E-state index in [1.165, 1.54) is 0 Å². The van der Waals surface area contributed by atoms with Crippen LogP contribution in [0.5, 0.6) is 11.5 Å². The summed E-state index contributed by atoms with van der Waals surface area (Å²) in [6.07, 6.45) is 1.97. The fraction of sp³-hybridized carbons (Fsp3) is 0.263. The van der Waals surface area contributed by atoms with E-state index in [2.05, 4.69) is 10.5 Å². The van der Waals surface area contributed by atoms with Gasteiger partial charge in [-0.3, -0.25) is 4.79 Å². The molecule has 24 heavy (non-hydrogen) atoms. The van der Waals surface area contributed by atoms with Gasteiger partial charge in [0.2, 0.25) is 5.91 Å². The number of carbonyl (C=O) groups is 1. The minimum absolute atomic E-state index is 0.112. The zero-order chi connectivity index (χ0) is 17.4. The Morgan fingerprint density at radius 1 is 1.17 bits per heavy atom. The van der Waals surface area contributed by atoms with Crippen molar-refractivity contribution in [3.8, 4) is 11.5 Å². The van der Waals surface area contributed by atoms with Gasteiger partial charge in [-0.05, 0) is 49.2 Å². The highest BCUT2D eigenvalue weighted by Gasteiger charge is 2.02. The first kappa shape index (κ1) is 17.5. The predicted octanol–water partition coefficient (Wildman–Crippen LogP) is 3.18. The summed E-state index contributed by atoms with van der Waals surface area (Å²) in [5.74, 6) is 1.37. The zero-order valence-electron chi connectivity index (χ0n) is 14.2. The van der Waals surface area contributed by atoms with Crippen LogP contribution in [0.15, 0.2) is 53.6 Å². The summed E-state index contributed by atoms with van der Waals surface area (Å²) in [7, 11) is 1.61. The molecule has 0 unspecified atom stereocenters. The van der Waals surface area contributed by atoms with Crippen molar-refractivity contribution in [3.05, 3.63) is 59.7 Å². The maximum Gasteiger partial charge on any atom is 0.244 e. The molecule has 0 aromatic heterocycles. The zero-order valence-corrected chi connectivity index (χ0v) is 14.2. The van der Waals surface area contributed by atoms with Crippen LogP contribution in [0.3, 0.4) is 0 Å². The third-order valence-corrected chi connectivity index (χ3v) is 3.16. The number of rotatable bonds is 7. The van der Waals surface area contributed by atoms with Gasteiger partial charge in [0, 0.05) is 0 Å². The van der Waals surface area contributed by atoms with Crippen LogP contribution in [0.4, 0.5) is 0 Å². The number of hydrogen-bond donors (Lipinski definition) is 1. The van der Waals surface area contributed by atoms with Gasteiger partial charge in [0.25, 0.3) is 0 Å². The van der Waals surface area contributed by atoms with Gasteiger partial charge >= 0.3 is 0 Å². The van der Waals surface area contributed by atoms with E-state index in [1.807, 2.05) is 62.4 Å². The molecular formula is C19H22N2O3. The Labute approximate surface area is 142 Å². The molecule has 5 nitrogen and oxygen atoms in total. The molecule has 1 amide bonds. The van der Waals surface area contributed by atoms with Crippen LogP contribution in [0.2, 0.25) is 0 Å². The van der Waals surface area contributed by atoms with Gasteiger partial charge in [-0.15, -0.1) is 0 Å². The van der Waals surface area contributed by atoms with E-state index in [-0.39, 0.29) is 18.4 Å². The molecule has 2 aromatic rings. The Hall–Kier alpha value is -2.82. The first-order valence-corrected chi connectivity index (χ1v) is 7.78. The van der Waals surface area contributed by atoms with Gasteiger partial charge in [0.15, 0.2) is 0 Å². The Kier molecular flexibility index (Phi) is 6.37. The van der Waals surface area contributed by atoms with Gasteiger partial charge in [-0.2, -0.15) is 5.10 Å². The number of nitrogens with one attached hydrogen (secondary N) is 1. The lowest BCUT2D eigenvalue weighted by Gasteiger charge is -2.09. The molecule has 0 fully saturated rings. The van der Waals surface area contributed by atoms with E-state index in [4.69, 9.17) is 9.47 Å². The highest BCUT2D eigenvalue weighted by atomic mass is 16.5. The van der Waals surface area contributed by atoms with Crippen molar-refractivity contribution >= 4 is 12.1 Å². The van der Waals surface area contributed by atoms with E-state index < -0.39 is 0 Å². The second-order valence-electron chi connectivity index (χ2n) is 5.56. The van der Waals surface area contributed by atoms with Crippen molar-refractivity contribution in [2.75, 3.05) is 7.11 Å². The summed E-state index contributed by atoms with van der Waals surface area (Å²) >= 11 is 0. The molecule has 0 spiro atoms. The highest BCUT2D eigenvalue weighted by molar-refractivity contribution is 5.83. The van der Waals surface area contributed by atoms with E-state index in [0.717, 1.165) is 22.6 Å². The standard InChI is InChI=1S/C19H22N2O3/c1-14(2)24-18-6-4-5-16(11-18)13-20-21-19(22)12-15-7-9-17(23-3)10-8-15/h4-11,13-14H,12H2,1-3H3,(H,21,22). The molecule has 0 heterocycles. The molecule has 2 aromatic carbocycles. The largest absolute Gasteiger partial charge is 0.497 e. The van der Waals surface area contributed by atoms with Crippen LogP contribution in [0.1, 0.15) is 25.0 Å². The minimum atomic E-state index is -0.175. The molecule has 0 saturated carbocycles. The number of benzene rings is 2. The lowest BCUT2D eigenvalue weighted by Crippen LogP contribution is -2.19. The summed E-state index contributed by atoms with van der Waals surface area (Å²) < 4.78 is 10.7. The maximum absolute atomic E-state index is 11.9. The monoisotopic (exact) mass is 326 g/mol. The molecule has 0 saturated heterocycles. The second kappa shape index (κ2) is 8.72. The number of nitrogens with zero attached hydrogens (tertiary/aromatic N) is 1. The first-order chi connectivity index (χ1) is 11.6. The molecule has 0 radical (unpaired) electrons. The molecule has 126 valence electrons. The average molecular weight is 326 g/mol. The van der Waals surface area contributed by atoms with Crippen molar-refractivity contribution in [3.63, 3.8) is 0 Å². The van der Waals surface area contributed by atoms with E-state index in [1.54, 1.807) is 13.3 Å². The molecule has 0 aliphatic carbocycles. The number of hydrogen-bond acceptors (Lipinski definition) is 4. The lowest BCUT2D eigenvalue weighted by molar-refractivity contribution is -0.120. The Bertz CT molecular complexity index is 694. The molecular weight excluding hydrogens is 304 g/mol. The van der Waals surface area contributed by atoms with Gasteiger partial charge in [0.05, 0.1) is 25.8 Å². The van der Waals surface area contributed by atoms with Crippen LogP contribution in [0, 0.1) is 0 Å². The highest BCUT2D eigenvalue weighted by Crippen LogP contribution is 2.14. The molecule has 5 heteroatoms. The maximum atomic E-state index is 11.9. The molecule has 0 aliphatic rings. The molecule has 1 N–H and O–H groups in total. The summed E-state index contributed by atoms with van der Waals surface area (Å²) in [5.41, 5.74) is 4.28. The van der Waals surface area contributed by atoms with Crippen molar-refractivity contribution in [1.29, 1.82) is 0 Å². The van der Waals surface area contributed by atoms with Gasteiger partial charge in [0.1, 0.15) is 11.5 Å². The number of methoxy groups -OCH3 is 1. The smallest absolute Gasteiger partial charge is 0.244 e. The fourth-order valence-corrected chi connectivity index (χ4v) is 2.09. The number of amides is 1. The third kappa shape index (κ3) is 5.76. The van der Waals surface area contributed by atoms with Gasteiger partial charge in [-0.1, -0.05) is 24.3 Å². The van der Waals surface area contributed by atoms with Crippen LogP contribution in [0.25, 0.3) is 0 Å². The molecule has 0 bridgehead atoms. The van der Waals surface area contributed by atoms with Crippen LogP contribution in [-0.4, -0.2) is 25.3 Å². The van der Waals surface area contributed by atoms with Crippen LogP contribution in [-0.2, 0) is 11.2 Å². The second-order valence-corrected chi connectivity index (χ2v) is 5.56. The normalized spacial score (nSPS) is 10.8. The third-order valence-electron chi connectivity index (χ3n) is 3.16. The topological polar surface area (TPSA) is 59.9 Å². The van der Waals surface area contributed by atoms with E-state index >= 15 is 0 Å². The molecule has 2 rings (SSSR count). The SMILES string of the molecule is COc1ccc(CC(=O)NN=Cc2cccc(OC(C)C)c2)cc1. The van der Waals surface area contributed by atoms with E-state index in [0.29, 0.717) is 0 Å².